The van der Waals surface area contributed by atoms with E-state index in [-0.39, 0.29) is 24.8 Å². The highest BCUT2D eigenvalue weighted by Gasteiger charge is 2.21. The van der Waals surface area contributed by atoms with Gasteiger partial charge in [-0.15, -0.1) is 11.3 Å². The lowest BCUT2D eigenvalue weighted by Gasteiger charge is -2.26. The summed E-state index contributed by atoms with van der Waals surface area (Å²) in [5.74, 6) is 0. The van der Waals surface area contributed by atoms with E-state index >= 15 is 0 Å². The Morgan fingerprint density at radius 2 is 2.26 bits per heavy atom. The van der Waals surface area contributed by atoms with Crippen LogP contribution in [0.15, 0.2) is 41.5 Å². The number of aromatic nitrogens is 2. The molecule has 4 rings (SSSR count). The summed E-state index contributed by atoms with van der Waals surface area (Å²) in [5, 5.41) is 11.1. The van der Waals surface area contributed by atoms with Gasteiger partial charge in [-0.3, -0.25) is 9.36 Å². The first-order valence-electron chi connectivity index (χ1n) is 9.51. The van der Waals surface area contributed by atoms with E-state index in [0.29, 0.717) is 5.39 Å². The Labute approximate surface area is 162 Å². The maximum absolute atomic E-state index is 12.6. The van der Waals surface area contributed by atoms with Crippen molar-refractivity contribution in [1.29, 1.82) is 0 Å². The number of fused-ring (bicyclic) bond motifs is 2. The maximum atomic E-state index is 12.6. The minimum absolute atomic E-state index is 0.0194. The number of thiophene rings is 1. The highest BCUT2D eigenvalue weighted by Crippen LogP contribution is 2.32. The Morgan fingerprint density at radius 3 is 3.11 bits per heavy atom. The molecule has 6 heteroatoms. The van der Waals surface area contributed by atoms with Crippen molar-refractivity contribution >= 4 is 21.6 Å². The van der Waals surface area contributed by atoms with Gasteiger partial charge in [-0.25, -0.2) is 4.98 Å². The summed E-state index contributed by atoms with van der Waals surface area (Å²) >= 11 is 1.55. The third-order valence-electron chi connectivity index (χ3n) is 5.13. The fourth-order valence-electron chi connectivity index (χ4n) is 3.70. The summed E-state index contributed by atoms with van der Waals surface area (Å²) in [5.41, 5.74) is 2.46. The molecule has 1 aromatic carbocycles. The molecule has 0 amide bonds. The number of rotatable bonds is 6. The van der Waals surface area contributed by atoms with Gasteiger partial charge in [-0.05, 0) is 42.9 Å². The van der Waals surface area contributed by atoms with Gasteiger partial charge < -0.3 is 9.84 Å². The predicted molar refractivity (Wildman–Crippen MR) is 107 cm³/mol. The van der Waals surface area contributed by atoms with E-state index in [2.05, 4.69) is 30.1 Å². The van der Waals surface area contributed by atoms with Gasteiger partial charge in [-0.1, -0.05) is 31.2 Å². The summed E-state index contributed by atoms with van der Waals surface area (Å²) < 4.78 is 7.49. The van der Waals surface area contributed by atoms with Crippen LogP contribution < -0.4 is 5.56 Å². The largest absolute Gasteiger partial charge is 0.389 e. The lowest BCUT2D eigenvalue weighted by Crippen LogP contribution is -2.30. The maximum Gasteiger partial charge on any atom is 0.262 e. The van der Waals surface area contributed by atoms with Crippen molar-refractivity contribution in [3.63, 3.8) is 0 Å². The van der Waals surface area contributed by atoms with Crippen LogP contribution in [0.1, 0.15) is 41.9 Å². The van der Waals surface area contributed by atoms with E-state index in [9.17, 15) is 9.90 Å². The van der Waals surface area contributed by atoms with E-state index in [1.807, 2.05) is 12.1 Å². The van der Waals surface area contributed by atoms with Gasteiger partial charge in [0.2, 0.25) is 0 Å². The van der Waals surface area contributed by atoms with Gasteiger partial charge in [-0.2, -0.15) is 0 Å². The first kappa shape index (κ1) is 18.3. The normalized spacial score (nSPS) is 17.8. The zero-order valence-corrected chi connectivity index (χ0v) is 16.2. The zero-order chi connectivity index (χ0) is 18.8. The highest BCUT2D eigenvalue weighted by atomic mass is 32.1. The number of benzene rings is 1. The van der Waals surface area contributed by atoms with Crippen molar-refractivity contribution in [2.75, 3.05) is 6.61 Å². The van der Waals surface area contributed by atoms with Crippen LogP contribution in [0.2, 0.25) is 0 Å². The second-order valence-electron chi connectivity index (χ2n) is 7.05. The predicted octanol–water partition coefficient (Wildman–Crippen LogP) is 3.48. The average molecular weight is 385 g/mol. The van der Waals surface area contributed by atoms with Crippen molar-refractivity contribution in [3.05, 3.63) is 63.0 Å². The summed E-state index contributed by atoms with van der Waals surface area (Å²) in [7, 11) is 0. The number of hydrogen-bond acceptors (Lipinski definition) is 5. The number of aliphatic hydroxyl groups is 1. The number of hydrogen-bond donors (Lipinski definition) is 1. The number of ether oxygens (including phenoxy) is 1. The van der Waals surface area contributed by atoms with Gasteiger partial charge in [0, 0.05) is 4.88 Å². The molecule has 1 N–H and O–H groups in total. The molecule has 5 nitrogen and oxygen atoms in total. The molecule has 0 fully saturated rings. The van der Waals surface area contributed by atoms with Gasteiger partial charge >= 0.3 is 0 Å². The zero-order valence-electron chi connectivity index (χ0n) is 15.4. The molecule has 2 atom stereocenters. The third-order valence-corrected chi connectivity index (χ3v) is 6.32. The van der Waals surface area contributed by atoms with E-state index < -0.39 is 6.10 Å². The Balaban J connectivity index is 1.43. The van der Waals surface area contributed by atoms with Crippen LogP contribution in [0.4, 0.5) is 0 Å². The van der Waals surface area contributed by atoms with Gasteiger partial charge in [0.05, 0.1) is 37.1 Å². The molecule has 0 unspecified atom stereocenters. The molecule has 142 valence electrons. The van der Waals surface area contributed by atoms with Crippen LogP contribution in [0.5, 0.6) is 0 Å². The Hall–Kier alpha value is -2.02. The molecule has 0 bridgehead atoms. The van der Waals surface area contributed by atoms with Crippen molar-refractivity contribution < 1.29 is 9.84 Å². The molecule has 2 aromatic heterocycles. The molecule has 0 saturated heterocycles. The van der Waals surface area contributed by atoms with Crippen LogP contribution in [0.25, 0.3) is 10.2 Å². The van der Waals surface area contributed by atoms with Gasteiger partial charge in [0.25, 0.3) is 5.56 Å². The van der Waals surface area contributed by atoms with Crippen molar-refractivity contribution in [2.24, 2.45) is 0 Å². The second-order valence-corrected chi connectivity index (χ2v) is 8.17. The minimum atomic E-state index is -0.750. The molecule has 2 heterocycles. The Bertz CT molecular complexity index is 995. The summed E-state index contributed by atoms with van der Waals surface area (Å²) in [4.78, 5) is 18.9. The van der Waals surface area contributed by atoms with E-state index in [1.165, 1.54) is 22.0 Å². The Kier molecular flexibility index (Phi) is 5.38. The van der Waals surface area contributed by atoms with Crippen LogP contribution in [-0.4, -0.2) is 27.4 Å². The van der Waals surface area contributed by atoms with Gasteiger partial charge in [0.1, 0.15) is 4.83 Å². The quantitative estimate of drug-likeness (QED) is 0.707. The summed E-state index contributed by atoms with van der Waals surface area (Å²) in [6.07, 6.45) is 4.83. The van der Waals surface area contributed by atoms with Crippen LogP contribution in [0, 0.1) is 0 Å². The molecule has 1 aliphatic carbocycles. The molecular weight excluding hydrogens is 360 g/mol. The van der Waals surface area contributed by atoms with Crippen LogP contribution in [-0.2, 0) is 24.1 Å². The van der Waals surface area contributed by atoms with E-state index in [0.717, 1.165) is 35.4 Å². The standard InChI is InChI=1S/C21H24N2O3S/c1-2-16-10-18-20(27-16)22-13-23(21(18)25)11-15(24)12-26-19-9-5-7-14-6-3-4-8-17(14)19/h3-4,6,8,10,13,15,19,24H,2,5,7,9,11-12H2,1H3/t15-,19+/m1/s1. The minimum Gasteiger partial charge on any atom is -0.389 e. The number of nitrogens with zero attached hydrogens (tertiary/aromatic N) is 2. The fraction of sp³-hybridized carbons (Fsp3) is 0.429. The molecule has 27 heavy (non-hydrogen) atoms. The van der Waals surface area contributed by atoms with Gasteiger partial charge in [0.15, 0.2) is 0 Å². The second kappa shape index (κ2) is 7.92. The molecule has 0 saturated carbocycles. The topological polar surface area (TPSA) is 64.4 Å². The van der Waals surface area contributed by atoms with E-state index in [4.69, 9.17) is 4.74 Å². The first-order chi connectivity index (χ1) is 13.2. The van der Waals surface area contributed by atoms with Crippen LogP contribution >= 0.6 is 11.3 Å². The molecule has 0 radical (unpaired) electrons. The van der Waals surface area contributed by atoms with Crippen LogP contribution in [0.3, 0.4) is 0 Å². The molecule has 0 spiro atoms. The molecule has 0 aliphatic heterocycles. The number of aliphatic hydroxyl groups excluding tert-OH is 1. The molecule has 3 aromatic rings. The third kappa shape index (κ3) is 3.83. The monoisotopic (exact) mass is 384 g/mol. The SMILES string of the molecule is CCc1cc2c(=O)n(C[C@@H](O)CO[C@H]3CCCc4ccccc43)cnc2s1. The summed E-state index contributed by atoms with van der Waals surface area (Å²) in [6, 6.07) is 10.2. The number of aryl methyl sites for hydroxylation is 2. The first-order valence-corrected chi connectivity index (χ1v) is 10.3. The lowest BCUT2D eigenvalue weighted by atomic mass is 9.89. The fourth-order valence-corrected chi connectivity index (χ4v) is 4.63. The lowest BCUT2D eigenvalue weighted by molar-refractivity contribution is -0.0228. The highest BCUT2D eigenvalue weighted by molar-refractivity contribution is 7.18. The average Bonchev–Trinajstić information content (AvgIpc) is 3.13. The Morgan fingerprint density at radius 1 is 1.41 bits per heavy atom. The smallest absolute Gasteiger partial charge is 0.262 e. The van der Waals surface area contributed by atoms with Crippen molar-refractivity contribution in [2.45, 2.75) is 51.4 Å². The molecular formula is C21H24N2O3S. The molecule has 1 aliphatic rings. The summed E-state index contributed by atoms with van der Waals surface area (Å²) in [6.45, 7) is 2.45. The van der Waals surface area contributed by atoms with E-state index in [1.54, 1.807) is 11.3 Å². The van der Waals surface area contributed by atoms with Crippen molar-refractivity contribution in [3.8, 4) is 0 Å². The van der Waals surface area contributed by atoms with Crippen molar-refractivity contribution in [1.82, 2.24) is 9.55 Å².